The number of anilines is 1. The average molecular weight is 353 g/mol. The summed E-state index contributed by atoms with van der Waals surface area (Å²) in [6.07, 6.45) is 0.142. The van der Waals surface area contributed by atoms with Gasteiger partial charge in [0.15, 0.2) is 11.5 Å². The molecule has 1 aliphatic heterocycles. The lowest BCUT2D eigenvalue weighted by molar-refractivity contribution is -0.115. The highest BCUT2D eigenvalue weighted by molar-refractivity contribution is 5.90. The van der Waals surface area contributed by atoms with Crippen molar-refractivity contribution >= 4 is 11.9 Å². The van der Waals surface area contributed by atoms with Crippen molar-refractivity contribution in [2.75, 3.05) is 19.2 Å². The van der Waals surface area contributed by atoms with E-state index in [1.165, 1.54) is 0 Å². The van der Waals surface area contributed by atoms with E-state index in [2.05, 4.69) is 15.5 Å². The molecule has 4 rings (SSSR count). The molecule has 8 heteroatoms. The Bertz CT molecular complexity index is 954. The fraction of sp³-hybridized carbons (Fsp3) is 0.167. The quantitative estimate of drug-likeness (QED) is 0.753. The minimum Gasteiger partial charge on any atom is -0.496 e. The first-order valence-electron chi connectivity index (χ1n) is 7.88. The van der Waals surface area contributed by atoms with Crippen LogP contribution in [0.25, 0.3) is 11.5 Å². The molecule has 2 aromatic carbocycles. The number of ether oxygens (including phenoxy) is 3. The number of carbonyl (C=O) groups is 1. The van der Waals surface area contributed by atoms with Crippen LogP contribution in [-0.2, 0) is 11.2 Å². The molecule has 1 aromatic heterocycles. The third-order valence-corrected chi connectivity index (χ3v) is 3.81. The van der Waals surface area contributed by atoms with E-state index in [9.17, 15) is 4.79 Å². The van der Waals surface area contributed by atoms with Gasteiger partial charge in [-0.15, -0.1) is 5.10 Å². The highest BCUT2D eigenvalue weighted by atomic mass is 16.7. The van der Waals surface area contributed by atoms with Crippen LogP contribution in [0.4, 0.5) is 6.01 Å². The highest BCUT2D eigenvalue weighted by Gasteiger charge is 2.17. The molecule has 0 unspecified atom stereocenters. The Morgan fingerprint density at radius 2 is 2.00 bits per heavy atom. The molecule has 0 bridgehead atoms. The smallest absolute Gasteiger partial charge is 0.322 e. The van der Waals surface area contributed by atoms with Crippen LogP contribution >= 0.6 is 0 Å². The van der Waals surface area contributed by atoms with Crippen molar-refractivity contribution in [3.05, 3.63) is 48.0 Å². The van der Waals surface area contributed by atoms with E-state index in [4.69, 9.17) is 18.6 Å². The van der Waals surface area contributed by atoms with E-state index in [1.54, 1.807) is 37.4 Å². The van der Waals surface area contributed by atoms with Crippen LogP contribution in [0.1, 0.15) is 5.56 Å². The topological polar surface area (TPSA) is 95.7 Å². The number of methoxy groups -OCH3 is 1. The molecule has 0 aliphatic carbocycles. The summed E-state index contributed by atoms with van der Waals surface area (Å²) in [5.74, 6) is 1.90. The maximum Gasteiger partial charge on any atom is 0.322 e. The van der Waals surface area contributed by atoms with E-state index in [0.717, 1.165) is 5.56 Å². The predicted molar refractivity (Wildman–Crippen MR) is 91.2 cm³/mol. The number of nitrogens with zero attached hydrogens (tertiary/aromatic N) is 2. The van der Waals surface area contributed by atoms with Crippen LogP contribution in [-0.4, -0.2) is 30.0 Å². The van der Waals surface area contributed by atoms with E-state index in [-0.39, 0.29) is 31.0 Å². The standard InChI is InChI=1S/C18H15N3O5/c1-23-13-5-3-2-4-12(13)17-20-21-18(26-17)19-16(22)9-11-6-7-14-15(8-11)25-10-24-14/h2-8H,9-10H2,1H3,(H,19,21,22). The monoisotopic (exact) mass is 353 g/mol. The number of amides is 1. The molecule has 0 spiro atoms. The van der Waals surface area contributed by atoms with Gasteiger partial charge in [-0.25, -0.2) is 0 Å². The zero-order chi connectivity index (χ0) is 17.9. The summed E-state index contributed by atoms with van der Waals surface area (Å²) in [5.41, 5.74) is 1.44. The SMILES string of the molecule is COc1ccccc1-c1nnc(NC(=O)Cc2ccc3c(c2)OCO3)o1. The fourth-order valence-electron chi connectivity index (χ4n) is 2.60. The van der Waals surface area contributed by atoms with Crippen LogP contribution in [0.3, 0.4) is 0 Å². The van der Waals surface area contributed by atoms with E-state index in [1.807, 2.05) is 12.1 Å². The van der Waals surface area contributed by atoms with Gasteiger partial charge in [-0.2, -0.15) is 0 Å². The predicted octanol–water partition coefficient (Wildman–Crippen LogP) is 2.66. The van der Waals surface area contributed by atoms with E-state index >= 15 is 0 Å². The largest absolute Gasteiger partial charge is 0.496 e. The van der Waals surface area contributed by atoms with Crippen molar-refractivity contribution in [2.45, 2.75) is 6.42 Å². The number of hydrogen-bond acceptors (Lipinski definition) is 7. The molecule has 132 valence electrons. The van der Waals surface area contributed by atoms with E-state index < -0.39 is 0 Å². The molecule has 0 radical (unpaired) electrons. The number of carbonyl (C=O) groups excluding carboxylic acids is 1. The van der Waals surface area contributed by atoms with Crippen molar-refractivity contribution in [1.29, 1.82) is 0 Å². The van der Waals surface area contributed by atoms with Crippen LogP contribution < -0.4 is 19.5 Å². The summed E-state index contributed by atoms with van der Waals surface area (Å²) in [5, 5.41) is 10.4. The van der Waals surface area contributed by atoms with Crippen LogP contribution in [0.15, 0.2) is 46.9 Å². The Hall–Kier alpha value is -3.55. The molecule has 0 atom stereocenters. The number of fused-ring (bicyclic) bond motifs is 1. The normalized spacial score (nSPS) is 12.0. The summed E-state index contributed by atoms with van der Waals surface area (Å²) in [6, 6.07) is 12.6. The van der Waals surface area contributed by atoms with Gasteiger partial charge >= 0.3 is 6.01 Å². The van der Waals surface area contributed by atoms with Crippen LogP contribution in [0.5, 0.6) is 17.2 Å². The molecular formula is C18H15N3O5. The first-order valence-corrected chi connectivity index (χ1v) is 7.88. The third-order valence-electron chi connectivity index (χ3n) is 3.81. The average Bonchev–Trinajstić information content (AvgIpc) is 3.30. The van der Waals surface area contributed by atoms with Gasteiger partial charge in [0.05, 0.1) is 19.1 Å². The maximum atomic E-state index is 12.2. The zero-order valence-electron chi connectivity index (χ0n) is 13.9. The lowest BCUT2D eigenvalue weighted by atomic mass is 10.1. The van der Waals surface area contributed by atoms with Gasteiger partial charge in [-0.05, 0) is 29.8 Å². The summed E-state index contributed by atoms with van der Waals surface area (Å²) in [7, 11) is 1.56. The Morgan fingerprint density at radius 3 is 2.88 bits per heavy atom. The first kappa shape index (κ1) is 15.9. The van der Waals surface area contributed by atoms with Gasteiger partial charge in [0, 0.05) is 0 Å². The number of para-hydroxylation sites is 1. The summed E-state index contributed by atoms with van der Waals surface area (Å²) in [6.45, 7) is 0.193. The molecule has 1 amide bonds. The van der Waals surface area contributed by atoms with Crippen molar-refractivity contribution in [1.82, 2.24) is 10.2 Å². The molecule has 8 nitrogen and oxygen atoms in total. The third kappa shape index (κ3) is 3.16. The molecule has 0 saturated heterocycles. The van der Waals surface area contributed by atoms with Gasteiger partial charge in [-0.1, -0.05) is 23.3 Å². The number of nitrogens with one attached hydrogen (secondary N) is 1. The summed E-state index contributed by atoms with van der Waals surface area (Å²) >= 11 is 0. The number of benzene rings is 2. The van der Waals surface area contributed by atoms with Crippen molar-refractivity contribution in [2.24, 2.45) is 0 Å². The second-order valence-corrected chi connectivity index (χ2v) is 5.53. The van der Waals surface area contributed by atoms with Gasteiger partial charge < -0.3 is 18.6 Å². The van der Waals surface area contributed by atoms with Crippen molar-refractivity contribution in [3.63, 3.8) is 0 Å². The maximum absolute atomic E-state index is 12.2. The first-order chi connectivity index (χ1) is 12.7. The van der Waals surface area contributed by atoms with Crippen LogP contribution in [0, 0.1) is 0 Å². The van der Waals surface area contributed by atoms with Crippen LogP contribution in [0.2, 0.25) is 0 Å². The van der Waals surface area contributed by atoms with Gasteiger partial charge in [0.25, 0.3) is 5.89 Å². The lowest BCUT2D eigenvalue weighted by Gasteiger charge is -2.04. The Balaban J connectivity index is 1.45. The lowest BCUT2D eigenvalue weighted by Crippen LogP contribution is -2.14. The molecule has 3 aromatic rings. The highest BCUT2D eigenvalue weighted by Crippen LogP contribution is 2.33. The molecule has 26 heavy (non-hydrogen) atoms. The Morgan fingerprint density at radius 1 is 1.15 bits per heavy atom. The molecule has 1 aliphatic rings. The molecule has 0 fully saturated rings. The second kappa shape index (κ2) is 6.75. The number of rotatable bonds is 5. The van der Waals surface area contributed by atoms with Gasteiger partial charge in [-0.3, -0.25) is 10.1 Å². The fourth-order valence-corrected chi connectivity index (χ4v) is 2.60. The van der Waals surface area contributed by atoms with E-state index in [0.29, 0.717) is 22.8 Å². The number of aromatic nitrogens is 2. The molecule has 1 N–H and O–H groups in total. The Kier molecular flexibility index (Phi) is 4.14. The van der Waals surface area contributed by atoms with Gasteiger partial charge in [0.1, 0.15) is 5.75 Å². The Labute approximate surface area is 148 Å². The van der Waals surface area contributed by atoms with Crippen molar-refractivity contribution in [3.8, 4) is 28.7 Å². The second-order valence-electron chi connectivity index (χ2n) is 5.53. The van der Waals surface area contributed by atoms with Crippen molar-refractivity contribution < 1.29 is 23.4 Å². The molecular weight excluding hydrogens is 338 g/mol. The molecule has 0 saturated carbocycles. The summed E-state index contributed by atoms with van der Waals surface area (Å²) in [4.78, 5) is 12.2. The number of hydrogen-bond donors (Lipinski definition) is 1. The minimum absolute atomic E-state index is 0.0247. The zero-order valence-corrected chi connectivity index (χ0v) is 13.9. The van der Waals surface area contributed by atoms with Gasteiger partial charge in [0.2, 0.25) is 12.7 Å². The minimum atomic E-state index is -0.279. The summed E-state index contributed by atoms with van der Waals surface area (Å²) < 4.78 is 21.3. The molecule has 2 heterocycles.